The first-order valence-corrected chi connectivity index (χ1v) is 9.46. The molecule has 0 saturated heterocycles. The summed E-state index contributed by atoms with van der Waals surface area (Å²) in [7, 11) is 0. The number of nitrogens with one attached hydrogen (secondary N) is 1. The van der Waals surface area contributed by atoms with Crippen LogP contribution in [0, 0.1) is 5.82 Å². The van der Waals surface area contributed by atoms with Gasteiger partial charge in [0.15, 0.2) is 4.34 Å². The zero-order chi connectivity index (χ0) is 16.1. The molecule has 1 amide bonds. The van der Waals surface area contributed by atoms with Crippen LogP contribution in [0.25, 0.3) is 0 Å². The van der Waals surface area contributed by atoms with Crippen LogP contribution < -0.4 is 5.32 Å². The van der Waals surface area contributed by atoms with Crippen LogP contribution in [0.4, 0.5) is 9.52 Å². The standard InChI is InChI=1S/C15H12FN3OS3/c16-12-4-2-1-3-11(12)9-22-15-19-18-14(23-15)17-13(20)7-10-5-6-21-8-10/h1-6,8H,7,9H2,(H,17,18,20). The molecule has 0 bridgehead atoms. The molecule has 1 N–H and O–H groups in total. The van der Waals surface area contributed by atoms with Gasteiger partial charge in [0.1, 0.15) is 5.82 Å². The quantitative estimate of drug-likeness (QED) is 0.525. The Kier molecular flexibility index (Phi) is 5.37. The smallest absolute Gasteiger partial charge is 0.230 e. The molecule has 0 fully saturated rings. The summed E-state index contributed by atoms with van der Waals surface area (Å²) in [4.78, 5) is 11.9. The molecular weight excluding hydrogens is 353 g/mol. The van der Waals surface area contributed by atoms with Gasteiger partial charge >= 0.3 is 0 Å². The minimum absolute atomic E-state index is 0.120. The number of thioether (sulfide) groups is 1. The molecule has 2 aromatic heterocycles. The van der Waals surface area contributed by atoms with Crippen LogP contribution in [0.1, 0.15) is 11.1 Å². The number of rotatable bonds is 6. The summed E-state index contributed by atoms with van der Waals surface area (Å²) in [6.45, 7) is 0. The molecule has 4 nitrogen and oxygen atoms in total. The zero-order valence-electron chi connectivity index (χ0n) is 11.9. The number of amides is 1. The van der Waals surface area contributed by atoms with Crippen LogP contribution in [0.15, 0.2) is 45.4 Å². The van der Waals surface area contributed by atoms with E-state index in [0.717, 1.165) is 5.56 Å². The Morgan fingerprint density at radius 2 is 2.13 bits per heavy atom. The van der Waals surface area contributed by atoms with Crippen molar-refractivity contribution in [3.63, 3.8) is 0 Å². The third-order valence-corrected chi connectivity index (χ3v) is 5.66. The molecule has 0 unspecified atom stereocenters. The number of aromatic nitrogens is 2. The van der Waals surface area contributed by atoms with Crippen molar-refractivity contribution in [2.24, 2.45) is 0 Å². The Bertz CT molecular complexity index is 789. The van der Waals surface area contributed by atoms with E-state index in [4.69, 9.17) is 0 Å². The van der Waals surface area contributed by atoms with Gasteiger partial charge in [0.25, 0.3) is 0 Å². The molecule has 0 atom stereocenters. The molecule has 0 saturated carbocycles. The molecular formula is C15H12FN3OS3. The van der Waals surface area contributed by atoms with E-state index < -0.39 is 0 Å². The largest absolute Gasteiger partial charge is 0.300 e. The highest BCUT2D eigenvalue weighted by Crippen LogP contribution is 2.29. The number of benzene rings is 1. The number of carbonyl (C=O) groups is 1. The third-order valence-electron chi connectivity index (χ3n) is 2.91. The van der Waals surface area contributed by atoms with E-state index in [9.17, 15) is 9.18 Å². The van der Waals surface area contributed by atoms with Crippen molar-refractivity contribution >= 4 is 45.5 Å². The van der Waals surface area contributed by atoms with Gasteiger partial charge in [0, 0.05) is 5.75 Å². The highest BCUT2D eigenvalue weighted by Gasteiger charge is 2.10. The van der Waals surface area contributed by atoms with E-state index in [-0.39, 0.29) is 11.7 Å². The second kappa shape index (κ2) is 7.67. The zero-order valence-corrected chi connectivity index (χ0v) is 14.3. The Labute approximate surface area is 144 Å². The molecule has 8 heteroatoms. The summed E-state index contributed by atoms with van der Waals surface area (Å²) in [5.74, 6) is 0.128. The van der Waals surface area contributed by atoms with Crippen LogP contribution in [0.2, 0.25) is 0 Å². The van der Waals surface area contributed by atoms with Crippen molar-refractivity contribution in [2.45, 2.75) is 16.5 Å². The van der Waals surface area contributed by atoms with Crippen LogP contribution in [0.3, 0.4) is 0 Å². The van der Waals surface area contributed by atoms with Crippen molar-refractivity contribution in [3.8, 4) is 0 Å². The SMILES string of the molecule is O=C(Cc1ccsc1)Nc1nnc(SCc2ccccc2F)s1. The monoisotopic (exact) mass is 365 g/mol. The second-order valence-electron chi connectivity index (χ2n) is 4.61. The summed E-state index contributed by atoms with van der Waals surface area (Å²) >= 11 is 4.24. The maximum Gasteiger partial charge on any atom is 0.230 e. The molecule has 23 heavy (non-hydrogen) atoms. The summed E-state index contributed by atoms with van der Waals surface area (Å²) < 4.78 is 14.2. The van der Waals surface area contributed by atoms with Crippen molar-refractivity contribution < 1.29 is 9.18 Å². The average Bonchev–Trinajstić information content (AvgIpc) is 3.18. The van der Waals surface area contributed by atoms with Crippen molar-refractivity contribution in [3.05, 3.63) is 58.0 Å². The van der Waals surface area contributed by atoms with Gasteiger partial charge in [-0.1, -0.05) is 41.3 Å². The van der Waals surface area contributed by atoms with Gasteiger partial charge in [-0.25, -0.2) is 4.39 Å². The van der Waals surface area contributed by atoms with Crippen molar-refractivity contribution in [1.82, 2.24) is 10.2 Å². The summed E-state index contributed by atoms with van der Waals surface area (Å²) in [6, 6.07) is 8.56. The van der Waals surface area contributed by atoms with Crippen molar-refractivity contribution in [1.29, 1.82) is 0 Å². The highest BCUT2D eigenvalue weighted by molar-refractivity contribution is 8.00. The Hall–Kier alpha value is -1.77. The van der Waals surface area contributed by atoms with Crippen LogP contribution in [0.5, 0.6) is 0 Å². The van der Waals surface area contributed by atoms with Gasteiger partial charge in [0.05, 0.1) is 6.42 Å². The second-order valence-corrected chi connectivity index (χ2v) is 7.59. The first-order chi connectivity index (χ1) is 11.2. The lowest BCUT2D eigenvalue weighted by Crippen LogP contribution is -2.13. The Morgan fingerprint density at radius 3 is 2.91 bits per heavy atom. The van der Waals surface area contributed by atoms with E-state index in [1.54, 1.807) is 29.5 Å². The van der Waals surface area contributed by atoms with Crippen LogP contribution in [-0.4, -0.2) is 16.1 Å². The highest BCUT2D eigenvalue weighted by atomic mass is 32.2. The number of halogens is 1. The lowest BCUT2D eigenvalue weighted by molar-refractivity contribution is -0.115. The number of nitrogens with zero attached hydrogens (tertiary/aromatic N) is 2. The van der Waals surface area contributed by atoms with E-state index in [1.165, 1.54) is 29.2 Å². The Morgan fingerprint density at radius 1 is 1.26 bits per heavy atom. The molecule has 0 radical (unpaired) electrons. The number of carbonyl (C=O) groups excluding carboxylic acids is 1. The van der Waals surface area contributed by atoms with Gasteiger partial charge in [0.2, 0.25) is 11.0 Å². The predicted octanol–water partition coefficient (Wildman–Crippen LogP) is 4.21. The molecule has 3 aromatic rings. The summed E-state index contributed by atoms with van der Waals surface area (Å²) in [6.07, 6.45) is 0.320. The normalized spacial score (nSPS) is 10.7. The minimum Gasteiger partial charge on any atom is -0.300 e. The fourth-order valence-electron chi connectivity index (χ4n) is 1.82. The van der Waals surface area contributed by atoms with E-state index >= 15 is 0 Å². The molecule has 1 aromatic carbocycles. The maximum atomic E-state index is 13.5. The van der Waals surface area contributed by atoms with E-state index in [2.05, 4.69) is 15.5 Å². The Balaban J connectivity index is 1.53. The molecule has 118 valence electrons. The van der Waals surface area contributed by atoms with Gasteiger partial charge in [-0.3, -0.25) is 4.79 Å². The molecule has 0 aliphatic carbocycles. The van der Waals surface area contributed by atoms with Gasteiger partial charge in [-0.15, -0.1) is 10.2 Å². The van der Waals surface area contributed by atoms with Crippen molar-refractivity contribution in [2.75, 3.05) is 5.32 Å². The number of hydrogen-bond acceptors (Lipinski definition) is 6. The van der Waals surface area contributed by atoms with Gasteiger partial charge in [-0.05, 0) is 34.0 Å². The topological polar surface area (TPSA) is 54.9 Å². The van der Waals surface area contributed by atoms with Crippen LogP contribution in [-0.2, 0) is 17.0 Å². The third kappa shape index (κ3) is 4.60. The van der Waals surface area contributed by atoms with Crippen LogP contribution >= 0.6 is 34.4 Å². The number of hydrogen-bond donors (Lipinski definition) is 1. The summed E-state index contributed by atoms with van der Waals surface area (Å²) in [5, 5.41) is 15.0. The molecule has 2 heterocycles. The lowest BCUT2D eigenvalue weighted by Gasteiger charge is -2.00. The van der Waals surface area contributed by atoms with E-state index in [0.29, 0.717) is 27.2 Å². The maximum absolute atomic E-state index is 13.5. The minimum atomic E-state index is -0.228. The molecule has 3 rings (SSSR count). The molecule has 0 spiro atoms. The number of anilines is 1. The van der Waals surface area contributed by atoms with E-state index in [1.807, 2.05) is 16.8 Å². The average molecular weight is 365 g/mol. The molecule has 0 aliphatic rings. The van der Waals surface area contributed by atoms with Gasteiger partial charge < -0.3 is 5.32 Å². The number of thiophene rings is 1. The fourth-order valence-corrected chi connectivity index (χ4v) is 4.24. The first kappa shape index (κ1) is 16.1. The molecule has 0 aliphatic heterocycles. The fraction of sp³-hybridized carbons (Fsp3) is 0.133. The van der Waals surface area contributed by atoms with Gasteiger partial charge in [-0.2, -0.15) is 11.3 Å². The first-order valence-electron chi connectivity index (χ1n) is 6.71. The lowest BCUT2D eigenvalue weighted by atomic mass is 10.2. The predicted molar refractivity (Wildman–Crippen MR) is 92.5 cm³/mol. The summed E-state index contributed by atoms with van der Waals surface area (Å²) in [5.41, 5.74) is 1.60.